The van der Waals surface area contributed by atoms with Crippen molar-refractivity contribution in [3.05, 3.63) is 71.8 Å². The Morgan fingerprint density at radius 3 is 2.21 bits per heavy atom. The lowest BCUT2D eigenvalue weighted by Gasteiger charge is -2.34. The highest BCUT2D eigenvalue weighted by Gasteiger charge is 2.24. The van der Waals surface area contributed by atoms with Gasteiger partial charge in [-0.2, -0.15) is 0 Å². The second-order valence-corrected chi connectivity index (χ2v) is 7.15. The molecule has 1 saturated heterocycles. The first-order valence-electron chi connectivity index (χ1n) is 9.72. The van der Waals surface area contributed by atoms with Crippen LogP contribution in [0, 0.1) is 13.8 Å². The molecule has 0 aliphatic carbocycles. The topological polar surface area (TPSA) is 74.2 Å². The minimum Gasteiger partial charge on any atom is -0.354 e. The molecule has 1 N–H and O–H groups in total. The van der Waals surface area contributed by atoms with Crippen LogP contribution >= 0.6 is 0 Å². The van der Waals surface area contributed by atoms with E-state index >= 15 is 0 Å². The molecule has 1 aromatic carbocycles. The second kappa shape index (κ2) is 8.26. The van der Waals surface area contributed by atoms with Crippen molar-refractivity contribution in [3.8, 4) is 0 Å². The van der Waals surface area contributed by atoms with Crippen LogP contribution in [-0.2, 0) is 0 Å². The SMILES string of the molecule is Cc1cccc(C)c1Nc1ccc(C(=O)N2CCN(c3ncccn3)CC2)nc1. The van der Waals surface area contributed by atoms with Gasteiger partial charge in [-0.05, 0) is 43.2 Å². The van der Waals surface area contributed by atoms with Gasteiger partial charge in [0.1, 0.15) is 5.69 Å². The van der Waals surface area contributed by atoms with Crippen molar-refractivity contribution in [2.45, 2.75) is 13.8 Å². The Kier molecular flexibility index (Phi) is 5.37. The number of aromatic nitrogens is 3. The van der Waals surface area contributed by atoms with Gasteiger partial charge < -0.3 is 15.1 Å². The number of pyridine rings is 1. The highest BCUT2D eigenvalue weighted by molar-refractivity contribution is 5.92. The van der Waals surface area contributed by atoms with E-state index in [1.807, 2.05) is 17.0 Å². The van der Waals surface area contributed by atoms with E-state index in [9.17, 15) is 4.79 Å². The van der Waals surface area contributed by atoms with Gasteiger partial charge >= 0.3 is 0 Å². The molecule has 3 aromatic rings. The first-order chi connectivity index (χ1) is 14.1. The third-order valence-corrected chi connectivity index (χ3v) is 5.13. The van der Waals surface area contributed by atoms with Crippen LogP contribution in [0.4, 0.5) is 17.3 Å². The summed E-state index contributed by atoms with van der Waals surface area (Å²) in [6.07, 6.45) is 5.18. The lowest BCUT2D eigenvalue weighted by atomic mass is 10.1. The number of piperazine rings is 1. The van der Waals surface area contributed by atoms with Crippen molar-refractivity contribution in [2.75, 3.05) is 36.4 Å². The summed E-state index contributed by atoms with van der Waals surface area (Å²) in [6.45, 7) is 6.81. The van der Waals surface area contributed by atoms with Crippen LogP contribution < -0.4 is 10.2 Å². The number of hydrogen-bond acceptors (Lipinski definition) is 6. The monoisotopic (exact) mass is 388 g/mol. The molecule has 148 valence electrons. The molecular formula is C22H24N6O. The van der Waals surface area contributed by atoms with E-state index in [-0.39, 0.29) is 5.91 Å². The zero-order valence-corrected chi connectivity index (χ0v) is 16.7. The minimum atomic E-state index is -0.0442. The predicted molar refractivity (Wildman–Crippen MR) is 114 cm³/mol. The Labute approximate surface area is 170 Å². The maximum atomic E-state index is 12.8. The number of amides is 1. The predicted octanol–water partition coefficient (Wildman–Crippen LogP) is 3.19. The lowest BCUT2D eigenvalue weighted by Crippen LogP contribution is -2.49. The summed E-state index contributed by atoms with van der Waals surface area (Å²) in [5, 5.41) is 3.40. The van der Waals surface area contributed by atoms with E-state index in [4.69, 9.17) is 0 Å². The van der Waals surface area contributed by atoms with Crippen LogP contribution in [0.1, 0.15) is 21.6 Å². The van der Waals surface area contributed by atoms with E-state index in [0.717, 1.165) is 11.4 Å². The summed E-state index contributed by atoms with van der Waals surface area (Å²) in [5.74, 6) is 0.664. The Morgan fingerprint density at radius 2 is 1.59 bits per heavy atom. The van der Waals surface area contributed by atoms with Gasteiger partial charge in [-0.1, -0.05) is 18.2 Å². The van der Waals surface area contributed by atoms with Gasteiger partial charge in [0.15, 0.2) is 0 Å². The van der Waals surface area contributed by atoms with Crippen LogP contribution in [0.3, 0.4) is 0 Å². The number of nitrogens with one attached hydrogen (secondary N) is 1. The summed E-state index contributed by atoms with van der Waals surface area (Å²) in [7, 11) is 0. The molecule has 0 bridgehead atoms. The van der Waals surface area contributed by atoms with Crippen LogP contribution in [0.15, 0.2) is 55.0 Å². The first kappa shape index (κ1) is 18.9. The van der Waals surface area contributed by atoms with Crippen LogP contribution in [0.5, 0.6) is 0 Å². The Balaban J connectivity index is 1.39. The molecule has 1 fully saturated rings. The van der Waals surface area contributed by atoms with Crippen LogP contribution in [-0.4, -0.2) is 51.9 Å². The molecule has 1 aliphatic heterocycles. The van der Waals surface area contributed by atoms with Gasteiger partial charge in [0, 0.05) is 44.3 Å². The molecular weight excluding hydrogens is 364 g/mol. The van der Waals surface area contributed by atoms with Crippen LogP contribution in [0.25, 0.3) is 0 Å². The van der Waals surface area contributed by atoms with Crippen molar-refractivity contribution < 1.29 is 4.79 Å². The molecule has 1 amide bonds. The van der Waals surface area contributed by atoms with E-state index in [1.165, 1.54) is 11.1 Å². The van der Waals surface area contributed by atoms with E-state index in [0.29, 0.717) is 37.8 Å². The Hall–Kier alpha value is -3.48. The van der Waals surface area contributed by atoms with Gasteiger partial charge in [-0.3, -0.25) is 4.79 Å². The Bertz CT molecular complexity index is 962. The summed E-state index contributed by atoms with van der Waals surface area (Å²) in [5.41, 5.74) is 4.75. The van der Waals surface area contributed by atoms with E-state index in [1.54, 1.807) is 30.7 Å². The van der Waals surface area contributed by atoms with E-state index in [2.05, 4.69) is 51.1 Å². The number of nitrogens with zero attached hydrogens (tertiary/aromatic N) is 5. The molecule has 2 aromatic heterocycles. The van der Waals surface area contributed by atoms with Crippen LogP contribution in [0.2, 0.25) is 0 Å². The number of hydrogen-bond donors (Lipinski definition) is 1. The first-order valence-corrected chi connectivity index (χ1v) is 9.72. The second-order valence-electron chi connectivity index (χ2n) is 7.15. The van der Waals surface area contributed by atoms with Gasteiger partial charge in [-0.15, -0.1) is 0 Å². The zero-order chi connectivity index (χ0) is 20.2. The summed E-state index contributed by atoms with van der Waals surface area (Å²) in [4.78, 5) is 29.7. The van der Waals surface area contributed by atoms with Crippen molar-refractivity contribution in [1.82, 2.24) is 19.9 Å². The maximum Gasteiger partial charge on any atom is 0.272 e. The molecule has 4 rings (SSSR count). The average Bonchev–Trinajstić information content (AvgIpc) is 2.77. The van der Waals surface area contributed by atoms with Gasteiger partial charge in [0.2, 0.25) is 5.95 Å². The lowest BCUT2D eigenvalue weighted by molar-refractivity contribution is 0.0740. The van der Waals surface area contributed by atoms with Gasteiger partial charge in [-0.25, -0.2) is 15.0 Å². The largest absolute Gasteiger partial charge is 0.354 e. The molecule has 7 heteroatoms. The normalized spacial score (nSPS) is 14.0. The molecule has 0 spiro atoms. The fourth-order valence-electron chi connectivity index (χ4n) is 3.48. The fourth-order valence-corrected chi connectivity index (χ4v) is 3.48. The highest BCUT2D eigenvalue weighted by Crippen LogP contribution is 2.24. The van der Waals surface area contributed by atoms with Crippen molar-refractivity contribution in [1.29, 1.82) is 0 Å². The summed E-state index contributed by atoms with van der Waals surface area (Å²) < 4.78 is 0. The Morgan fingerprint density at radius 1 is 0.897 bits per heavy atom. The quantitative estimate of drug-likeness (QED) is 0.740. The molecule has 0 unspecified atom stereocenters. The average molecular weight is 388 g/mol. The maximum absolute atomic E-state index is 12.8. The fraction of sp³-hybridized carbons (Fsp3) is 0.273. The molecule has 0 saturated carbocycles. The molecule has 0 atom stereocenters. The highest BCUT2D eigenvalue weighted by atomic mass is 16.2. The standard InChI is InChI=1S/C22H24N6O/c1-16-5-3-6-17(2)20(16)26-18-7-8-19(25-15-18)21(29)27-11-13-28(14-12-27)22-23-9-4-10-24-22/h3-10,15,26H,11-14H2,1-2H3. The molecule has 1 aliphatic rings. The number of carbonyl (C=O) groups is 1. The molecule has 0 radical (unpaired) electrons. The number of carbonyl (C=O) groups excluding carboxylic acids is 1. The van der Waals surface area contributed by atoms with Gasteiger partial charge in [0.25, 0.3) is 5.91 Å². The van der Waals surface area contributed by atoms with E-state index < -0.39 is 0 Å². The zero-order valence-electron chi connectivity index (χ0n) is 16.7. The number of anilines is 3. The number of rotatable bonds is 4. The summed E-state index contributed by atoms with van der Waals surface area (Å²) in [6, 6.07) is 11.7. The molecule has 29 heavy (non-hydrogen) atoms. The number of aryl methyl sites for hydroxylation is 2. The molecule has 3 heterocycles. The van der Waals surface area contributed by atoms with Crippen molar-refractivity contribution >= 4 is 23.2 Å². The number of benzene rings is 1. The summed E-state index contributed by atoms with van der Waals surface area (Å²) >= 11 is 0. The third-order valence-electron chi connectivity index (χ3n) is 5.13. The smallest absolute Gasteiger partial charge is 0.272 e. The third kappa shape index (κ3) is 4.18. The van der Waals surface area contributed by atoms with Crippen molar-refractivity contribution in [2.24, 2.45) is 0 Å². The molecule has 7 nitrogen and oxygen atoms in total. The van der Waals surface area contributed by atoms with Crippen molar-refractivity contribution in [3.63, 3.8) is 0 Å². The number of para-hydroxylation sites is 1. The van der Waals surface area contributed by atoms with Gasteiger partial charge in [0.05, 0.1) is 11.9 Å². The minimum absolute atomic E-state index is 0.0442.